The van der Waals surface area contributed by atoms with Crippen molar-refractivity contribution >= 4 is 5.78 Å². The van der Waals surface area contributed by atoms with E-state index in [-0.39, 0.29) is 0 Å². The van der Waals surface area contributed by atoms with E-state index in [1.54, 1.807) is 0 Å². The predicted molar refractivity (Wildman–Crippen MR) is 201 cm³/mol. The number of ketones is 1. The SMILES string of the molecule is CCCCC/C=C\C/C=C\CCCCCCCCC(CCCCCCCC/C=C\C/C=C\CCCCC)CC(=O)CCCC. The molecule has 0 amide bonds. The van der Waals surface area contributed by atoms with E-state index in [2.05, 4.69) is 69.4 Å². The van der Waals surface area contributed by atoms with Gasteiger partial charge in [-0.1, -0.05) is 179 Å². The third-order valence-electron chi connectivity index (χ3n) is 8.95. The van der Waals surface area contributed by atoms with E-state index >= 15 is 0 Å². The molecule has 0 aliphatic heterocycles. The smallest absolute Gasteiger partial charge is 0.133 e. The first-order valence-electron chi connectivity index (χ1n) is 19.9. The van der Waals surface area contributed by atoms with Gasteiger partial charge in [-0.15, -0.1) is 0 Å². The molecule has 1 heteroatoms. The van der Waals surface area contributed by atoms with Crippen LogP contribution in [0.3, 0.4) is 0 Å². The van der Waals surface area contributed by atoms with Crippen LogP contribution in [0.25, 0.3) is 0 Å². The van der Waals surface area contributed by atoms with Gasteiger partial charge in [-0.2, -0.15) is 0 Å². The second kappa shape index (κ2) is 37.8. The average Bonchev–Trinajstić information content (AvgIpc) is 3.03. The van der Waals surface area contributed by atoms with Gasteiger partial charge >= 0.3 is 0 Å². The second-order valence-corrected chi connectivity index (χ2v) is 13.5. The Balaban J connectivity index is 3.88. The van der Waals surface area contributed by atoms with E-state index in [4.69, 9.17) is 0 Å². The molecule has 0 aliphatic rings. The van der Waals surface area contributed by atoms with Crippen molar-refractivity contribution in [2.45, 2.75) is 213 Å². The maximum Gasteiger partial charge on any atom is 0.133 e. The van der Waals surface area contributed by atoms with Gasteiger partial charge in [0.2, 0.25) is 0 Å². The summed E-state index contributed by atoms with van der Waals surface area (Å²) in [4.78, 5) is 12.5. The van der Waals surface area contributed by atoms with Gasteiger partial charge in [0.05, 0.1) is 0 Å². The molecule has 1 nitrogen and oxygen atoms in total. The molecule has 0 spiro atoms. The third kappa shape index (κ3) is 35.1. The van der Waals surface area contributed by atoms with Crippen LogP contribution in [0, 0.1) is 5.92 Å². The van der Waals surface area contributed by atoms with E-state index in [1.165, 1.54) is 154 Å². The number of rotatable bonds is 35. The van der Waals surface area contributed by atoms with Crippen molar-refractivity contribution in [1.82, 2.24) is 0 Å². The normalized spacial score (nSPS) is 12.4. The molecule has 0 saturated heterocycles. The lowest BCUT2D eigenvalue weighted by Crippen LogP contribution is -2.09. The number of carbonyl (C=O) groups is 1. The molecule has 0 bridgehead atoms. The van der Waals surface area contributed by atoms with Gasteiger partial charge in [0, 0.05) is 12.8 Å². The predicted octanol–water partition coefficient (Wildman–Crippen LogP) is 15.2. The second-order valence-electron chi connectivity index (χ2n) is 13.5. The van der Waals surface area contributed by atoms with Gasteiger partial charge in [-0.3, -0.25) is 4.79 Å². The van der Waals surface area contributed by atoms with Crippen molar-refractivity contribution in [3.8, 4) is 0 Å². The van der Waals surface area contributed by atoms with Crippen molar-refractivity contribution in [3.05, 3.63) is 48.6 Å². The fraction of sp³-hybridized carbons (Fsp3) is 0.791. The fourth-order valence-electron chi connectivity index (χ4n) is 5.99. The zero-order chi connectivity index (χ0) is 32.0. The van der Waals surface area contributed by atoms with Gasteiger partial charge in [0.25, 0.3) is 0 Å². The van der Waals surface area contributed by atoms with E-state index in [9.17, 15) is 4.79 Å². The fourth-order valence-corrected chi connectivity index (χ4v) is 5.99. The molecule has 0 aromatic heterocycles. The third-order valence-corrected chi connectivity index (χ3v) is 8.95. The highest BCUT2D eigenvalue weighted by Gasteiger charge is 2.13. The maximum absolute atomic E-state index is 12.5. The zero-order valence-electron chi connectivity index (χ0n) is 30.3. The van der Waals surface area contributed by atoms with Crippen LogP contribution in [-0.4, -0.2) is 5.78 Å². The van der Waals surface area contributed by atoms with E-state index < -0.39 is 0 Å². The first-order chi connectivity index (χ1) is 21.7. The van der Waals surface area contributed by atoms with Crippen LogP contribution in [-0.2, 0) is 4.79 Å². The Morgan fingerprint density at radius 3 is 1.14 bits per heavy atom. The summed E-state index contributed by atoms with van der Waals surface area (Å²) in [5.41, 5.74) is 0. The minimum atomic E-state index is 0.525. The molecule has 0 N–H and O–H groups in total. The van der Waals surface area contributed by atoms with Crippen LogP contribution in [0.4, 0.5) is 0 Å². The van der Waals surface area contributed by atoms with Gasteiger partial charge < -0.3 is 0 Å². The summed E-state index contributed by atoms with van der Waals surface area (Å²) in [5.74, 6) is 1.16. The van der Waals surface area contributed by atoms with Gasteiger partial charge in [-0.05, 0) is 76.5 Å². The average molecular weight is 611 g/mol. The molecule has 0 aromatic carbocycles. The van der Waals surface area contributed by atoms with Crippen LogP contribution in [0.1, 0.15) is 213 Å². The van der Waals surface area contributed by atoms with Crippen LogP contribution < -0.4 is 0 Å². The molecule has 0 atom stereocenters. The molecule has 0 radical (unpaired) electrons. The number of allylic oxidation sites excluding steroid dienone is 8. The Kier molecular flexibility index (Phi) is 36.6. The lowest BCUT2D eigenvalue weighted by Gasteiger charge is -2.16. The van der Waals surface area contributed by atoms with Crippen molar-refractivity contribution in [3.63, 3.8) is 0 Å². The van der Waals surface area contributed by atoms with Crippen LogP contribution in [0.15, 0.2) is 48.6 Å². The van der Waals surface area contributed by atoms with Crippen molar-refractivity contribution < 1.29 is 4.79 Å². The number of hydrogen-bond acceptors (Lipinski definition) is 1. The molecular weight excluding hydrogens is 532 g/mol. The molecule has 44 heavy (non-hydrogen) atoms. The van der Waals surface area contributed by atoms with Gasteiger partial charge in [-0.25, -0.2) is 0 Å². The Hall–Kier alpha value is -1.37. The molecule has 256 valence electrons. The molecule has 0 rings (SSSR count). The summed E-state index contributed by atoms with van der Waals surface area (Å²) in [6, 6.07) is 0. The monoisotopic (exact) mass is 611 g/mol. The summed E-state index contributed by atoms with van der Waals surface area (Å²) in [6.45, 7) is 6.73. The summed E-state index contributed by atoms with van der Waals surface area (Å²) < 4.78 is 0. The summed E-state index contributed by atoms with van der Waals surface area (Å²) >= 11 is 0. The molecular formula is C43H78O. The molecule has 0 unspecified atom stereocenters. The highest BCUT2D eigenvalue weighted by Crippen LogP contribution is 2.23. The Morgan fingerprint density at radius 2 is 0.750 bits per heavy atom. The minimum absolute atomic E-state index is 0.525. The first-order valence-corrected chi connectivity index (χ1v) is 19.9. The van der Waals surface area contributed by atoms with E-state index in [1.807, 2.05) is 0 Å². The zero-order valence-corrected chi connectivity index (χ0v) is 30.3. The summed E-state index contributed by atoms with van der Waals surface area (Å²) in [6.07, 6.45) is 56.6. The molecule has 0 fully saturated rings. The van der Waals surface area contributed by atoms with E-state index in [0.29, 0.717) is 11.7 Å². The topological polar surface area (TPSA) is 17.1 Å². The van der Waals surface area contributed by atoms with Crippen LogP contribution in [0.2, 0.25) is 0 Å². The standard InChI is InChI=1S/C43H78O/c1-4-7-10-12-14-16-18-20-22-24-26-28-30-32-34-36-38-42(41-43(44)40-9-6-3)39-37-35-33-31-29-27-25-23-21-19-17-15-13-11-8-5-2/h14-17,20-23,42H,4-13,18-19,24-41H2,1-3H3/b16-14-,17-15-,22-20-,23-21-. The lowest BCUT2D eigenvalue weighted by atomic mass is 9.89. The van der Waals surface area contributed by atoms with Crippen LogP contribution in [0.5, 0.6) is 0 Å². The number of unbranched alkanes of at least 4 members (excludes halogenated alkanes) is 19. The minimum Gasteiger partial charge on any atom is -0.300 e. The van der Waals surface area contributed by atoms with E-state index in [0.717, 1.165) is 38.5 Å². The molecule has 0 aliphatic carbocycles. The highest BCUT2D eigenvalue weighted by atomic mass is 16.1. The highest BCUT2D eigenvalue weighted by molar-refractivity contribution is 5.78. The Bertz CT molecular complexity index is 633. The summed E-state index contributed by atoms with van der Waals surface area (Å²) in [7, 11) is 0. The van der Waals surface area contributed by atoms with Crippen LogP contribution >= 0.6 is 0 Å². The molecule has 0 saturated carbocycles. The van der Waals surface area contributed by atoms with Crippen molar-refractivity contribution in [1.29, 1.82) is 0 Å². The quantitative estimate of drug-likeness (QED) is 0.0515. The lowest BCUT2D eigenvalue weighted by molar-refractivity contribution is -0.120. The van der Waals surface area contributed by atoms with Gasteiger partial charge in [0.15, 0.2) is 0 Å². The Labute approximate surface area is 277 Å². The summed E-state index contributed by atoms with van der Waals surface area (Å²) in [5, 5.41) is 0. The van der Waals surface area contributed by atoms with Crippen molar-refractivity contribution in [2.75, 3.05) is 0 Å². The molecule has 0 aromatic rings. The number of Topliss-reactive ketones (excluding diaryl/α,β-unsaturated/α-hetero) is 1. The van der Waals surface area contributed by atoms with Crippen molar-refractivity contribution in [2.24, 2.45) is 5.92 Å². The number of hydrogen-bond donors (Lipinski definition) is 0. The Morgan fingerprint density at radius 1 is 0.409 bits per heavy atom. The molecule has 0 heterocycles. The largest absolute Gasteiger partial charge is 0.300 e. The number of carbonyl (C=O) groups excluding carboxylic acids is 1. The maximum atomic E-state index is 12.5. The van der Waals surface area contributed by atoms with Gasteiger partial charge in [0.1, 0.15) is 5.78 Å². The first kappa shape index (κ1) is 42.6.